The maximum Gasteiger partial charge on any atom is 0.156 e. The normalized spacial score (nSPS) is 17.8. The van der Waals surface area contributed by atoms with Crippen molar-refractivity contribution in [3.63, 3.8) is 0 Å². The average Bonchev–Trinajstić information content (AvgIpc) is 2.01. The van der Waals surface area contributed by atoms with E-state index in [4.69, 9.17) is 5.73 Å². The Balaban J connectivity index is 4.58. The molecule has 0 aliphatic heterocycles. The lowest BCUT2D eigenvalue weighted by molar-refractivity contribution is 0.544. The van der Waals surface area contributed by atoms with Crippen molar-refractivity contribution in [2.45, 2.75) is 50.7 Å². The van der Waals surface area contributed by atoms with Crippen LogP contribution >= 0.6 is 0 Å². The summed E-state index contributed by atoms with van der Waals surface area (Å²) < 4.78 is 23.1. The van der Waals surface area contributed by atoms with Gasteiger partial charge in [0.1, 0.15) is 0 Å². The lowest BCUT2D eigenvalue weighted by atomic mass is 10.2. The number of rotatable bonds is 4. The summed E-state index contributed by atoms with van der Waals surface area (Å²) in [5.74, 6) is 0. The van der Waals surface area contributed by atoms with E-state index in [9.17, 15) is 8.42 Å². The molecule has 0 saturated carbocycles. The highest BCUT2D eigenvalue weighted by atomic mass is 32.2. The first-order valence-electron chi connectivity index (χ1n) is 4.32. The lowest BCUT2D eigenvalue weighted by Crippen LogP contribution is -2.40. The van der Waals surface area contributed by atoms with Crippen LogP contribution in [0.15, 0.2) is 0 Å². The Kier molecular flexibility index (Phi) is 4.20. The second-order valence-corrected chi connectivity index (χ2v) is 6.28. The Morgan fingerprint density at radius 1 is 1.25 bits per heavy atom. The molecule has 0 aromatic heterocycles. The number of nitrogens with two attached hydrogens (primary N) is 1. The van der Waals surface area contributed by atoms with Crippen LogP contribution in [-0.2, 0) is 9.84 Å². The summed E-state index contributed by atoms with van der Waals surface area (Å²) in [4.78, 5) is 0. The van der Waals surface area contributed by atoms with Crippen LogP contribution in [0.2, 0.25) is 0 Å². The summed E-state index contributed by atoms with van der Waals surface area (Å²) in [6, 6.07) is -0.239. The van der Waals surface area contributed by atoms with Gasteiger partial charge in [0.15, 0.2) is 9.84 Å². The van der Waals surface area contributed by atoms with E-state index in [-0.39, 0.29) is 11.3 Å². The topological polar surface area (TPSA) is 60.2 Å². The molecule has 0 fully saturated rings. The molecular formula is C8H19NO2S. The van der Waals surface area contributed by atoms with Crippen molar-refractivity contribution in [1.29, 1.82) is 0 Å². The SMILES string of the molecule is CCC(N)C(C)S(=O)(=O)C(C)C. The highest BCUT2D eigenvalue weighted by molar-refractivity contribution is 7.92. The Bertz CT molecular complexity index is 221. The van der Waals surface area contributed by atoms with Crippen LogP contribution in [0.5, 0.6) is 0 Å². The highest BCUT2D eigenvalue weighted by Gasteiger charge is 2.28. The molecular weight excluding hydrogens is 174 g/mol. The second-order valence-electron chi connectivity index (χ2n) is 3.42. The maximum atomic E-state index is 11.6. The van der Waals surface area contributed by atoms with Gasteiger partial charge < -0.3 is 5.73 Å². The molecule has 4 heteroatoms. The molecule has 0 amide bonds. The van der Waals surface area contributed by atoms with Gasteiger partial charge in [-0.25, -0.2) is 8.42 Å². The van der Waals surface area contributed by atoms with Gasteiger partial charge in [-0.3, -0.25) is 0 Å². The van der Waals surface area contributed by atoms with Gasteiger partial charge >= 0.3 is 0 Å². The Hall–Kier alpha value is -0.0900. The number of hydrogen-bond donors (Lipinski definition) is 1. The van der Waals surface area contributed by atoms with Gasteiger partial charge in [-0.15, -0.1) is 0 Å². The molecule has 74 valence electrons. The van der Waals surface area contributed by atoms with E-state index in [1.807, 2.05) is 6.92 Å². The molecule has 0 rings (SSSR count). The van der Waals surface area contributed by atoms with Gasteiger partial charge in [0, 0.05) is 6.04 Å². The van der Waals surface area contributed by atoms with E-state index in [1.165, 1.54) is 0 Å². The molecule has 2 atom stereocenters. The number of sulfone groups is 1. The molecule has 2 unspecified atom stereocenters. The Morgan fingerprint density at radius 2 is 1.67 bits per heavy atom. The smallest absolute Gasteiger partial charge is 0.156 e. The van der Waals surface area contributed by atoms with E-state index in [0.29, 0.717) is 6.42 Å². The largest absolute Gasteiger partial charge is 0.327 e. The van der Waals surface area contributed by atoms with Gasteiger partial charge in [-0.05, 0) is 27.2 Å². The van der Waals surface area contributed by atoms with Crippen LogP contribution in [-0.4, -0.2) is 25.0 Å². The van der Waals surface area contributed by atoms with E-state index < -0.39 is 15.1 Å². The molecule has 3 nitrogen and oxygen atoms in total. The summed E-state index contributed by atoms with van der Waals surface area (Å²) in [5.41, 5.74) is 5.66. The van der Waals surface area contributed by atoms with E-state index in [0.717, 1.165) is 0 Å². The Morgan fingerprint density at radius 3 is 1.92 bits per heavy atom. The van der Waals surface area contributed by atoms with Crippen molar-refractivity contribution in [2.75, 3.05) is 0 Å². The zero-order chi connectivity index (χ0) is 9.94. The van der Waals surface area contributed by atoms with Crippen molar-refractivity contribution in [3.8, 4) is 0 Å². The van der Waals surface area contributed by atoms with Crippen molar-refractivity contribution < 1.29 is 8.42 Å². The van der Waals surface area contributed by atoms with Gasteiger partial charge in [0.2, 0.25) is 0 Å². The first kappa shape index (κ1) is 11.9. The van der Waals surface area contributed by atoms with Gasteiger partial charge in [-0.2, -0.15) is 0 Å². The van der Waals surface area contributed by atoms with Crippen molar-refractivity contribution in [1.82, 2.24) is 0 Å². The van der Waals surface area contributed by atoms with Gasteiger partial charge in [0.05, 0.1) is 10.5 Å². The summed E-state index contributed by atoms with van der Waals surface area (Å²) in [7, 11) is -3.01. The van der Waals surface area contributed by atoms with Gasteiger partial charge in [-0.1, -0.05) is 6.92 Å². The highest BCUT2D eigenvalue weighted by Crippen LogP contribution is 2.12. The van der Waals surface area contributed by atoms with Crippen molar-refractivity contribution in [2.24, 2.45) is 5.73 Å². The molecule has 0 aliphatic carbocycles. The zero-order valence-electron chi connectivity index (χ0n) is 8.24. The minimum absolute atomic E-state index is 0.239. The molecule has 0 radical (unpaired) electrons. The third-order valence-corrected chi connectivity index (χ3v) is 4.95. The fourth-order valence-electron chi connectivity index (χ4n) is 1.00. The van der Waals surface area contributed by atoms with Crippen LogP contribution in [0.3, 0.4) is 0 Å². The van der Waals surface area contributed by atoms with E-state index in [1.54, 1.807) is 20.8 Å². The van der Waals surface area contributed by atoms with E-state index >= 15 is 0 Å². The third kappa shape index (κ3) is 2.45. The fraction of sp³-hybridized carbons (Fsp3) is 1.00. The molecule has 0 aromatic rings. The standard InChI is InChI=1S/C8H19NO2S/c1-5-8(9)7(4)12(10,11)6(2)3/h6-8H,5,9H2,1-4H3. The number of hydrogen-bond acceptors (Lipinski definition) is 3. The summed E-state index contributed by atoms with van der Waals surface area (Å²) in [6.07, 6.45) is 0.702. The minimum atomic E-state index is -3.01. The molecule has 2 N–H and O–H groups in total. The summed E-state index contributed by atoms with van der Waals surface area (Å²) in [5, 5.41) is -0.757. The summed E-state index contributed by atoms with van der Waals surface area (Å²) >= 11 is 0. The molecule has 0 saturated heterocycles. The summed E-state index contributed by atoms with van der Waals surface area (Å²) in [6.45, 7) is 6.96. The fourth-order valence-corrected chi connectivity index (χ4v) is 2.54. The van der Waals surface area contributed by atoms with E-state index in [2.05, 4.69) is 0 Å². The van der Waals surface area contributed by atoms with Crippen LogP contribution in [0, 0.1) is 0 Å². The Labute approximate surface area is 75.3 Å². The quantitative estimate of drug-likeness (QED) is 0.722. The lowest BCUT2D eigenvalue weighted by Gasteiger charge is -2.20. The van der Waals surface area contributed by atoms with Crippen LogP contribution in [0.25, 0.3) is 0 Å². The predicted octanol–water partition coefficient (Wildman–Crippen LogP) is 0.935. The third-order valence-electron chi connectivity index (χ3n) is 2.25. The maximum absolute atomic E-state index is 11.6. The molecule has 0 bridgehead atoms. The monoisotopic (exact) mass is 193 g/mol. The van der Waals surface area contributed by atoms with Crippen LogP contribution in [0.4, 0.5) is 0 Å². The molecule has 0 aromatic carbocycles. The molecule has 12 heavy (non-hydrogen) atoms. The first-order valence-corrected chi connectivity index (χ1v) is 5.93. The van der Waals surface area contributed by atoms with Crippen molar-refractivity contribution in [3.05, 3.63) is 0 Å². The first-order chi connectivity index (χ1) is 5.34. The molecule has 0 heterocycles. The second kappa shape index (κ2) is 4.23. The average molecular weight is 193 g/mol. The van der Waals surface area contributed by atoms with Crippen LogP contribution < -0.4 is 5.73 Å². The predicted molar refractivity (Wildman–Crippen MR) is 51.8 cm³/mol. The van der Waals surface area contributed by atoms with Crippen LogP contribution in [0.1, 0.15) is 34.1 Å². The molecule has 0 aliphatic rings. The van der Waals surface area contributed by atoms with Gasteiger partial charge in [0.25, 0.3) is 0 Å². The minimum Gasteiger partial charge on any atom is -0.327 e. The molecule has 0 spiro atoms. The zero-order valence-corrected chi connectivity index (χ0v) is 9.06. The van der Waals surface area contributed by atoms with Crippen molar-refractivity contribution >= 4 is 9.84 Å².